The first-order chi connectivity index (χ1) is 25.3. The predicted molar refractivity (Wildman–Crippen MR) is 225 cm³/mol. The second-order valence-electron chi connectivity index (χ2n) is 18.2. The van der Waals surface area contributed by atoms with Crippen molar-refractivity contribution in [3.8, 4) is 16.8 Å². The third-order valence-electron chi connectivity index (χ3n) is 12.6. The number of nitrogens with zero attached hydrogens (tertiary/aromatic N) is 2. The van der Waals surface area contributed by atoms with E-state index in [2.05, 4.69) is 180 Å². The summed E-state index contributed by atoms with van der Waals surface area (Å²) < 4.78 is 9.23. The van der Waals surface area contributed by atoms with Crippen molar-refractivity contribution in [2.45, 2.75) is 71.6 Å². The summed E-state index contributed by atoms with van der Waals surface area (Å²) in [5, 5.41) is 3.65. The van der Waals surface area contributed by atoms with Crippen LogP contribution in [0.1, 0.15) is 77.8 Å². The Kier molecular flexibility index (Phi) is 5.83. The van der Waals surface area contributed by atoms with E-state index in [1.165, 1.54) is 77.9 Å². The minimum absolute atomic E-state index is 0.0190. The van der Waals surface area contributed by atoms with Crippen LogP contribution in [0.2, 0.25) is 0 Å². The molecule has 1 aliphatic carbocycles. The number of hydrogen-bond acceptors (Lipinski definition) is 2. The monoisotopic (exact) mass is 686 g/mol. The van der Waals surface area contributed by atoms with Gasteiger partial charge in [0, 0.05) is 50.0 Å². The van der Waals surface area contributed by atoms with Crippen LogP contribution in [0.25, 0.3) is 49.7 Å². The van der Waals surface area contributed by atoms with Crippen molar-refractivity contribution in [2.75, 3.05) is 4.90 Å². The molecule has 53 heavy (non-hydrogen) atoms. The van der Waals surface area contributed by atoms with Crippen molar-refractivity contribution < 1.29 is 4.42 Å². The molecule has 0 amide bonds. The summed E-state index contributed by atoms with van der Waals surface area (Å²) >= 11 is 0. The fourth-order valence-electron chi connectivity index (χ4n) is 10.1. The Balaban J connectivity index is 1.34. The highest BCUT2D eigenvalue weighted by molar-refractivity contribution is 7.00. The molecule has 0 spiro atoms. The number of benzene rings is 6. The summed E-state index contributed by atoms with van der Waals surface area (Å²) in [7, 11) is 0. The molecule has 2 aliphatic heterocycles. The lowest BCUT2D eigenvalue weighted by molar-refractivity contribution is 0.589. The van der Waals surface area contributed by atoms with E-state index in [-0.39, 0.29) is 23.0 Å². The molecule has 6 aromatic carbocycles. The van der Waals surface area contributed by atoms with Gasteiger partial charge in [0.2, 0.25) is 0 Å². The minimum Gasteiger partial charge on any atom is -0.456 e. The zero-order chi connectivity index (χ0) is 36.3. The molecule has 11 rings (SSSR count). The normalized spacial score (nSPS) is 15.2. The Morgan fingerprint density at radius 3 is 2.08 bits per heavy atom. The first kappa shape index (κ1) is 31.1. The van der Waals surface area contributed by atoms with Crippen LogP contribution >= 0.6 is 0 Å². The van der Waals surface area contributed by atoms with Crippen LogP contribution in [0, 0.1) is 0 Å². The molecular weight excluding hydrogens is 643 g/mol. The molecule has 3 aliphatic rings. The average Bonchev–Trinajstić information content (AvgIpc) is 3.76. The Bertz CT molecular complexity index is 2910. The van der Waals surface area contributed by atoms with Gasteiger partial charge in [0.05, 0.1) is 11.1 Å². The summed E-state index contributed by atoms with van der Waals surface area (Å²) in [6.45, 7) is 19.0. The molecule has 4 heteroatoms. The molecule has 0 bridgehead atoms. The summed E-state index contributed by atoms with van der Waals surface area (Å²) in [5.41, 5.74) is 20.2. The molecule has 4 heterocycles. The summed E-state index contributed by atoms with van der Waals surface area (Å²) in [5.74, 6) is 0. The number of para-hydroxylation sites is 2. The Morgan fingerprint density at radius 1 is 0.585 bits per heavy atom. The van der Waals surface area contributed by atoms with Crippen molar-refractivity contribution in [3.63, 3.8) is 0 Å². The van der Waals surface area contributed by atoms with Crippen LogP contribution in [-0.2, 0) is 16.2 Å². The lowest BCUT2D eigenvalue weighted by Crippen LogP contribution is -2.60. The third kappa shape index (κ3) is 3.91. The summed E-state index contributed by atoms with van der Waals surface area (Å²) in [6.07, 6.45) is 0. The van der Waals surface area contributed by atoms with Crippen molar-refractivity contribution in [1.29, 1.82) is 0 Å². The predicted octanol–water partition coefficient (Wildman–Crippen LogP) is 11.0. The van der Waals surface area contributed by atoms with Gasteiger partial charge < -0.3 is 13.9 Å². The van der Waals surface area contributed by atoms with Crippen molar-refractivity contribution in [1.82, 2.24) is 4.57 Å². The molecule has 0 N–H and O–H groups in total. The van der Waals surface area contributed by atoms with Crippen LogP contribution in [0.4, 0.5) is 17.1 Å². The van der Waals surface area contributed by atoms with Gasteiger partial charge in [-0.1, -0.05) is 134 Å². The van der Waals surface area contributed by atoms with Crippen molar-refractivity contribution >= 4 is 73.0 Å². The third-order valence-corrected chi connectivity index (χ3v) is 12.6. The van der Waals surface area contributed by atoms with Crippen LogP contribution in [0.3, 0.4) is 0 Å². The summed E-state index contributed by atoms with van der Waals surface area (Å²) in [6, 6.07) is 43.6. The molecule has 258 valence electrons. The molecule has 0 saturated carbocycles. The number of furan rings is 1. The number of fused-ring (bicyclic) bond motifs is 12. The van der Waals surface area contributed by atoms with E-state index in [9.17, 15) is 0 Å². The second kappa shape index (κ2) is 9.93. The van der Waals surface area contributed by atoms with E-state index in [1.54, 1.807) is 0 Å². The van der Waals surface area contributed by atoms with Crippen LogP contribution in [-0.4, -0.2) is 11.3 Å². The molecule has 0 saturated heterocycles. The van der Waals surface area contributed by atoms with Gasteiger partial charge in [0.25, 0.3) is 6.71 Å². The van der Waals surface area contributed by atoms with Crippen LogP contribution in [0.5, 0.6) is 0 Å². The molecule has 0 unspecified atom stereocenters. The SMILES string of the molecule is CC(C)(C)c1ccc2c(c1)N(c1cccc3oc4ccccc4c13)c1cc(C(C)(C)C)cc3c1B2c1cccc2c4c(n-3c12)C(C)(C)c1ccccc1-4. The molecule has 8 aromatic rings. The fourth-order valence-corrected chi connectivity index (χ4v) is 10.1. The van der Waals surface area contributed by atoms with Gasteiger partial charge in [0.1, 0.15) is 11.2 Å². The lowest BCUT2D eigenvalue weighted by atomic mass is 9.33. The zero-order valence-electron chi connectivity index (χ0n) is 31.8. The van der Waals surface area contributed by atoms with E-state index in [0.29, 0.717) is 0 Å². The maximum Gasteiger partial charge on any atom is 0.252 e. The standard InChI is InChI=1S/C49H43BN2O/c1-47(2,3)28-23-24-34-37(25-28)51(36-20-14-22-41-43(36)31-16-10-12-21-40(31)53-41)38-26-29(48(4,5)6)27-39-44(38)50(34)35-19-13-17-32-42-30-15-9-11-18-33(30)49(7,8)46(42)52(39)45(32)35/h9-27H,1-8H3. The van der Waals surface area contributed by atoms with Crippen molar-refractivity contribution in [2.24, 2.45) is 0 Å². The molecule has 3 nitrogen and oxygen atoms in total. The van der Waals surface area contributed by atoms with E-state index in [1.807, 2.05) is 0 Å². The highest BCUT2D eigenvalue weighted by Crippen LogP contribution is 2.55. The number of aromatic nitrogens is 1. The highest BCUT2D eigenvalue weighted by atomic mass is 16.3. The van der Waals surface area contributed by atoms with Gasteiger partial charge >= 0.3 is 0 Å². The number of rotatable bonds is 1. The smallest absolute Gasteiger partial charge is 0.252 e. The first-order valence-corrected chi connectivity index (χ1v) is 19.2. The molecular formula is C49H43BN2O. The van der Waals surface area contributed by atoms with Gasteiger partial charge in [-0.2, -0.15) is 0 Å². The molecule has 0 atom stereocenters. The van der Waals surface area contributed by atoms with E-state index < -0.39 is 0 Å². The van der Waals surface area contributed by atoms with Crippen molar-refractivity contribution in [3.05, 3.63) is 138 Å². The molecule has 2 aromatic heterocycles. The fraction of sp³-hybridized carbons (Fsp3) is 0.224. The van der Waals surface area contributed by atoms with E-state index in [0.717, 1.165) is 27.6 Å². The number of hydrogen-bond donors (Lipinski definition) is 0. The maximum absolute atomic E-state index is 6.54. The van der Waals surface area contributed by atoms with Crippen LogP contribution in [0.15, 0.2) is 120 Å². The highest BCUT2D eigenvalue weighted by Gasteiger charge is 2.48. The lowest BCUT2D eigenvalue weighted by Gasteiger charge is -2.42. The second-order valence-corrected chi connectivity index (χ2v) is 18.2. The Morgan fingerprint density at radius 2 is 1.26 bits per heavy atom. The average molecular weight is 687 g/mol. The largest absolute Gasteiger partial charge is 0.456 e. The first-order valence-electron chi connectivity index (χ1n) is 19.2. The van der Waals surface area contributed by atoms with E-state index in [4.69, 9.17) is 4.42 Å². The molecule has 0 radical (unpaired) electrons. The van der Waals surface area contributed by atoms with Gasteiger partial charge in [-0.3, -0.25) is 0 Å². The quantitative estimate of drug-likeness (QED) is 0.160. The minimum atomic E-state index is -0.172. The molecule has 0 fully saturated rings. The van der Waals surface area contributed by atoms with Gasteiger partial charge in [-0.25, -0.2) is 0 Å². The number of anilines is 3. The Hall–Kier alpha value is -5.48. The van der Waals surface area contributed by atoms with Gasteiger partial charge in [0.15, 0.2) is 0 Å². The Labute approximate surface area is 311 Å². The van der Waals surface area contributed by atoms with E-state index >= 15 is 0 Å². The maximum atomic E-state index is 6.54. The summed E-state index contributed by atoms with van der Waals surface area (Å²) in [4.78, 5) is 2.59. The topological polar surface area (TPSA) is 21.3 Å². The van der Waals surface area contributed by atoms with Crippen LogP contribution < -0.4 is 21.3 Å². The van der Waals surface area contributed by atoms with Gasteiger partial charge in [-0.05, 0) is 85.9 Å². The zero-order valence-corrected chi connectivity index (χ0v) is 31.8. The van der Waals surface area contributed by atoms with Gasteiger partial charge in [-0.15, -0.1) is 0 Å².